The Morgan fingerprint density at radius 3 is 2.86 bits per heavy atom. The Hall–Kier alpha value is -1.71. The maximum atomic E-state index is 13.4. The van der Waals surface area contributed by atoms with Crippen molar-refractivity contribution in [2.24, 2.45) is 7.05 Å². The van der Waals surface area contributed by atoms with E-state index in [-0.39, 0.29) is 11.3 Å². The summed E-state index contributed by atoms with van der Waals surface area (Å²) in [4.78, 5) is 11.2. The van der Waals surface area contributed by atoms with Crippen molar-refractivity contribution < 1.29 is 9.18 Å². The Bertz CT molecular complexity index is 516. The second-order valence-electron chi connectivity index (χ2n) is 3.18. The van der Waals surface area contributed by atoms with Gasteiger partial charge in [0, 0.05) is 12.4 Å². The lowest BCUT2D eigenvalue weighted by atomic mass is 10.1. The van der Waals surface area contributed by atoms with Crippen LogP contribution in [0.15, 0.2) is 18.3 Å². The van der Waals surface area contributed by atoms with E-state index < -0.39 is 5.82 Å². The van der Waals surface area contributed by atoms with E-state index in [1.165, 1.54) is 17.7 Å². The maximum Gasteiger partial charge on any atom is 0.164 e. The van der Waals surface area contributed by atoms with Crippen LogP contribution in [-0.2, 0) is 7.05 Å². The first-order valence-electron chi connectivity index (χ1n) is 4.22. The molecule has 0 saturated heterocycles. The molecule has 1 heterocycles. The fourth-order valence-corrected chi connectivity index (χ4v) is 1.58. The highest BCUT2D eigenvalue weighted by molar-refractivity contribution is 6.05. The van der Waals surface area contributed by atoms with Crippen molar-refractivity contribution in [2.45, 2.75) is 6.92 Å². The Labute approximate surface area is 80.1 Å². The van der Waals surface area contributed by atoms with Gasteiger partial charge in [0.15, 0.2) is 5.78 Å². The largest absolute Gasteiger partial charge is 0.294 e. The van der Waals surface area contributed by atoms with Gasteiger partial charge in [-0.25, -0.2) is 4.39 Å². The highest BCUT2D eigenvalue weighted by Gasteiger charge is 2.14. The van der Waals surface area contributed by atoms with Gasteiger partial charge in [0.25, 0.3) is 0 Å². The summed E-state index contributed by atoms with van der Waals surface area (Å²) in [6.07, 6.45) is 1.61. The van der Waals surface area contributed by atoms with Gasteiger partial charge < -0.3 is 0 Å². The molecule has 0 fully saturated rings. The summed E-state index contributed by atoms with van der Waals surface area (Å²) in [5, 5.41) is 4.75. The van der Waals surface area contributed by atoms with Gasteiger partial charge in [-0.1, -0.05) is 0 Å². The molecule has 0 N–H and O–H groups in total. The standard InChI is InChI=1S/C10H9FN2O/c1-6(14)9-8(11)4-3-7-5-12-13(2)10(7)9/h3-5H,1-2H3. The quantitative estimate of drug-likeness (QED) is 0.647. The summed E-state index contributed by atoms with van der Waals surface area (Å²) in [5.74, 6) is -0.773. The van der Waals surface area contributed by atoms with Crippen molar-refractivity contribution >= 4 is 16.7 Å². The molecule has 72 valence electrons. The number of carbonyl (C=O) groups is 1. The van der Waals surface area contributed by atoms with Crippen LogP contribution in [0.1, 0.15) is 17.3 Å². The van der Waals surface area contributed by atoms with Crippen molar-refractivity contribution in [2.75, 3.05) is 0 Å². The minimum atomic E-state index is -0.492. The second kappa shape index (κ2) is 2.90. The number of hydrogen-bond donors (Lipinski definition) is 0. The molecule has 0 unspecified atom stereocenters. The molecule has 0 aliphatic heterocycles. The van der Waals surface area contributed by atoms with Crippen molar-refractivity contribution in [1.29, 1.82) is 0 Å². The third kappa shape index (κ3) is 1.11. The van der Waals surface area contributed by atoms with E-state index in [4.69, 9.17) is 0 Å². The van der Waals surface area contributed by atoms with Gasteiger partial charge in [0.2, 0.25) is 0 Å². The zero-order valence-corrected chi connectivity index (χ0v) is 7.91. The number of nitrogens with zero attached hydrogens (tertiary/aromatic N) is 2. The molecule has 0 amide bonds. The third-order valence-corrected chi connectivity index (χ3v) is 2.20. The maximum absolute atomic E-state index is 13.4. The highest BCUT2D eigenvalue weighted by atomic mass is 19.1. The topological polar surface area (TPSA) is 34.9 Å². The number of hydrogen-bond acceptors (Lipinski definition) is 2. The number of fused-ring (bicyclic) bond motifs is 1. The predicted molar refractivity (Wildman–Crippen MR) is 50.7 cm³/mol. The van der Waals surface area contributed by atoms with E-state index in [1.54, 1.807) is 19.3 Å². The monoisotopic (exact) mass is 192 g/mol. The van der Waals surface area contributed by atoms with Crippen LogP contribution in [0.3, 0.4) is 0 Å². The minimum absolute atomic E-state index is 0.113. The van der Waals surface area contributed by atoms with Crippen molar-refractivity contribution in [3.05, 3.63) is 29.7 Å². The number of aromatic nitrogens is 2. The van der Waals surface area contributed by atoms with E-state index in [9.17, 15) is 9.18 Å². The summed E-state index contributed by atoms with van der Waals surface area (Å²) in [6.45, 7) is 1.35. The summed E-state index contributed by atoms with van der Waals surface area (Å²) in [5.41, 5.74) is 0.667. The number of aryl methyl sites for hydroxylation is 1. The van der Waals surface area contributed by atoms with Crippen LogP contribution in [0.4, 0.5) is 4.39 Å². The fourth-order valence-electron chi connectivity index (χ4n) is 1.58. The van der Waals surface area contributed by atoms with E-state index in [1.807, 2.05) is 0 Å². The predicted octanol–water partition coefficient (Wildman–Crippen LogP) is 1.91. The zero-order chi connectivity index (χ0) is 10.3. The summed E-state index contributed by atoms with van der Waals surface area (Å²) >= 11 is 0. The van der Waals surface area contributed by atoms with Crippen LogP contribution in [0, 0.1) is 5.82 Å². The van der Waals surface area contributed by atoms with Crippen LogP contribution in [0.25, 0.3) is 10.9 Å². The Morgan fingerprint density at radius 1 is 1.50 bits per heavy atom. The molecule has 14 heavy (non-hydrogen) atoms. The first-order valence-corrected chi connectivity index (χ1v) is 4.22. The average molecular weight is 192 g/mol. The van der Waals surface area contributed by atoms with Gasteiger partial charge in [-0.2, -0.15) is 5.10 Å². The second-order valence-corrected chi connectivity index (χ2v) is 3.18. The molecule has 0 aliphatic rings. The molecule has 0 bridgehead atoms. The van der Waals surface area contributed by atoms with E-state index in [0.29, 0.717) is 5.52 Å². The molecule has 3 nitrogen and oxygen atoms in total. The molecule has 1 aromatic heterocycles. The number of carbonyl (C=O) groups excluding carboxylic acids is 1. The number of rotatable bonds is 1. The lowest BCUT2D eigenvalue weighted by Crippen LogP contribution is -2.02. The molecular formula is C10H9FN2O. The van der Waals surface area contributed by atoms with Gasteiger partial charge in [-0.05, 0) is 19.1 Å². The molecular weight excluding hydrogens is 183 g/mol. The molecule has 0 spiro atoms. The Kier molecular flexibility index (Phi) is 1.84. The first kappa shape index (κ1) is 8.87. The lowest BCUT2D eigenvalue weighted by molar-refractivity contribution is 0.101. The fraction of sp³-hybridized carbons (Fsp3) is 0.200. The molecule has 0 radical (unpaired) electrons. The van der Waals surface area contributed by atoms with Gasteiger partial charge in [-0.15, -0.1) is 0 Å². The number of halogens is 1. The minimum Gasteiger partial charge on any atom is -0.294 e. The van der Waals surface area contributed by atoms with Crippen LogP contribution < -0.4 is 0 Å². The molecule has 1 aromatic carbocycles. The van der Waals surface area contributed by atoms with Crippen molar-refractivity contribution in [1.82, 2.24) is 9.78 Å². The van der Waals surface area contributed by atoms with Crippen LogP contribution in [-0.4, -0.2) is 15.6 Å². The summed E-state index contributed by atoms with van der Waals surface area (Å²) in [6, 6.07) is 2.91. The average Bonchev–Trinajstić information content (AvgIpc) is 2.47. The van der Waals surface area contributed by atoms with Crippen LogP contribution in [0.5, 0.6) is 0 Å². The van der Waals surface area contributed by atoms with Gasteiger partial charge in [0.1, 0.15) is 5.82 Å². The SMILES string of the molecule is CC(=O)c1c(F)ccc2cnn(C)c12. The molecule has 0 saturated carbocycles. The van der Waals surface area contributed by atoms with E-state index in [0.717, 1.165) is 5.39 Å². The molecule has 2 rings (SSSR count). The highest BCUT2D eigenvalue weighted by Crippen LogP contribution is 2.21. The summed E-state index contributed by atoms with van der Waals surface area (Å²) in [7, 11) is 1.69. The van der Waals surface area contributed by atoms with Gasteiger partial charge >= 0.3 is 0 Å². The van der Waals surface area contributed by atoms with E-state index >= 15 is 0 Å². The number of benzene rings is 1. The van der Waals surface area contributed by atoms with Crippen LogP contribution in [0.2, 0.25) is 0 Å². The zero-order valence-electron chi connectivity index (χ0n) is 7.91. The van der Waals surface area contributed by atoms with Crippen LogP contribution >= 0.6 is 0 Å². The van der Waals surface area contributed by atoms with Crippen molar-refractivity contribution in [3.8, 4) is 0 Å². The summed E-state index contributed by atoms with van der Waals surface area (Å²) < 4.78 is 14.9. The van der Waals surface area contributed by atoms with E-state index in [2.05, 4.69) is 5.10 Å². The lowest BCUT2D eigenvalue weighted by Gasteiger charge is -2.02. The number of Topliss-reactive ketones (excluding diaryl/α,β-unsaturated/α-hetero) is 1. The Balaban J connectivity index is 2.94. The smallest absolute Gasteiger partial charge is 0.164 e. The molecule has 2 aromatic rings. The normalized spacial score (nSPS) is 10.8. The molecule has 4 heteroatoms. The van der Waals surface area contributed by atoms with Gasteiger partial charge in [0.05, 0.1) is 17.3 Å². The molecule has 0 aliphatic carbocycles. The Morgan fingerprint density at radius 2 is 2.21 bits per heavy atom. The first-order chi connectivity index (χ1) is 6.61. The third-order valence-electron chi connectivity index (χ3n) is 2.20. The molecule has 0 atom stereocenters. The van der Waals surface area contributed by atoms with Crippen molar-refractivity contribution in [3.63, 3.8) is 0 Å². The van der Waals surface area contributed by atoms with Gasteiger partial charge in [-0.3, -0.25) is 9.48 Å². The number of ketones is 1.